The van der Waals surface area contributed by atoms with Crippen molar-refractivity contribution >= 4 is 16.8 Å². The Morgan fingerprint density at radius 3 is 2.87 bits per heavy atom. The van der Waals surface area contributed by atoms with E-state index in [0.717, 1.165) is 17.6 Å². The summed E-state index contributed by atoms with van der Waals surface area (Å²) < 4.78 is 0.635. The lowest BCUT2D eigenvalue weighted by atomic mass is 9.98. The lowest BCUT2D eigenvalue weighted by molar-refractivity contribution is -0.608. The molecule has 1 aliphatic heterocycles. The van der Waals surface area contributed by atoms with E-state index in [0.29, 0.717) is 11.3 Å². The maximum absolute atomic E-state index is 12.7. The van der Waals surface area contributed by atoms with Gasteiger partial charge in [-0.15, -0.1) is 0 Å². The van der Waals surface area contributed by atoms with Crippen LogP contribution in [0.1, 0.15) is 34.7 Å². The number of pyridine rings is 1. The summed E-state index contributed by atoms with van der Waals surface area (Å²) in [4.78, 5) is 18.0. The molecule has 1 amide bonds. The smallest absolute Gasteiger partial charge is 0.320 e. The Kier molecular flexibility index (Phi) is 3.08. The molecule has 2 aromatic heterocycles. The zero-order valence-electron chi connectivity index (χ0n) is 12.8. The Morgan fingerprint density at radius 1 is 1.26 bits per heavy atom. The number of fused-ring (bicyclic) bond motifs is 3. The lowest BCUT2D eigenvalue weighted by Crippen LogP contribution is -2.44. The van der Waals surface area contributed by atoms with Crippen LogP contribution in [0.5, 0.6) is 0 Å². The minimum absolute atomic E-state index is 0.0844. The molecule has 0 fully saturated rings. The SMILES string of the molecule is C[C@@H]1c2[nH]c3ccccc3c2CCN1C(=O)c1cccc[n+]1[O-]. The molecule has 1 atom stereocenters. The zero-order chi connectivity index (χ0) is 16.0. The van der Waals surface area contributed by atoms with Crippen molar-refractivity contribution in [2.75, 3.05) is 6.54 Å². The van der Waals surface area contributed by atoms with Gasteiger partial charge in [-0.3, -0.25) is 4.79 Å². The van der Waals surface area contributed by atoms with Crippen molar-refractivity contribution < 1.29 is 9.52 Å². The number of amides is 1. The normalized spacial score (nSPS) is 17.3. The topological polar surface area (TPSA) is 63.0 Å². The predicted octanol–water partition coefficient (Wildman–Crippen LogP) is 2.56. The van der Waals surface area contributed by atoms with Gasteiger partial charge in [-0.05, 0) is 31.0 Å². The molecule has 3 heterocycles. The number of aromatic nitrogens is 2. The maximum atomic E-state index is 12.7. The number of para-hydroxylation sites is 1. The number of rotatable bonds is 1. The fraction of sp³-hybridized carbons (Fsp3) is 0.222. The van der Waals surface area contributed by atoms with Gasteiger partial charge in [-0.2, -0.15) is 4.73 Å². The van der Waals surface area contributed by atoms with E-state index in [4.69, 9.17) is 0 Å². The monoisotopic (exact) mass is 307 g/mol. The van der Waals surface area contributed by atoms with Crippen molar-refractivity contribution in [3.63, 3.8) is 0 Å². The van der Waals surface area contributed by atoms with Crippen LogP contribution in [0.3, 0.4) is 0 Å². The first-order chi connectivity index (χ1) is 11.2. The summed E-state index contributed by atoms with van der Waals surface area (Å²) in [6.45, 7) is 2.62. The molecule has 5 nitrogen and oxygen atoms in total. The number of carbonyl (C=O) groups excluding carboxylic acids is 1. The second-order valence-electron chi connectivity index (χ2n) is 5.90. The van der Waals surface area contributed by atoms with Gasteiger partial charge >= 0.3 is 5.91 Å². The lowest BCUT2D eigenvalue weighted by Gasteiger charge is -2.32. The Labute approximate surface area is 133 Å². The summed E-state index contributed by atoms with van der Waals surface area (Å²) in [6.07, 6.45) is 2.15. The predicted molar refractivity (Wildman–Crippen MR) is 86.9 cm³/mol. The van der Waals surface area contributed by atoms with Gasteiger partial charge in [0.05, 0.1) is 6.04 Å². The van der Waals surface area contributed by atoms with Crippen LogP contribution in [0.15, 0.2) is 48.7 Å². The molecule has 0 aliphatic carbocycles. The quantitative estimate of drug-likeness (QED) is 0.555. The van der Waals surface area contributed by atoms with Gasteiger partial charge < -0.3 is 15.1 Å². The van der Waals surface area contributed by atoms with Crippen molar-refractivity contribution in [1.82, 2.24) is 9.88 Å². The molecule has 0 saturated heterocycles. The van der Waals surface area contributed by atoms with Gasteiger partial charge in [0, 0.05) is 35.3 Å². The van der Waals surface area contributed by atoms with E-state index in [1.54, 1.807) is 23.1 Å². The number of nitrogens with one attached hydrogen (secondary N) is 1. The van der Waals surface area contributed by atoms with Gasteiger partial charge in [0.15, 0.2) is 6.20 Å². The molecule has 0 radical (unpaired) electrons. The standard InChI is InChI=1S/C18H17N3O2/c1-12-17-14(13-6-2-3-7-15(13)19-17)9-11-20(12)18(22)16-8-4-5-10-21(16)23/h2-8,10,12,19H,9,11H2,1H3/t12-/m1/s1. The Balaban J connectivity index is 1.74. The van der Waals surface area contributed by atoms with E-state index in [-0.39, 0.29) is 17.6 Å². The summed E-state index contributed by atoms with van der Waals surface area (Å²) in [5, 5.41) is 13.1. The van der Waals surface area contributed by atoms with Crippen molar-refractivity contribution in [2.45, 2.75) is 19.4 Å². The molecular weight excluding hydrogens is 290 g/mol. The van der Waals surface area contributed by atoms with Crippen LogP contribution in [0.2, 0.25) is 0 Å². The molecule has 3 aromatic rings. The molecule has 5 heteroatoms. The highest BCUT2D eigenvalue weighted by Gasteiger charge is 2.33. The number of carbonyl (C=O) groups is 1. The van der Waals surface area contributed by atoms with E-state index in [2.05, 4.69) is 17.1 Å². The van der Waals surface area contributed by atoms with E-state index < -0.39 is 0 Å². The van der Waals surface area contributed by atoms with Crippen molar-refractivity contribution in [1.29, 1.82) is 0 Å². The van der Waals surface area contributed by atoms with Crippen LogP contribution in [0.4, 0.5) is 0 Å². The van der Waals surface area contributed by atoms with Crippen molar-refractivity contribution in [3.8, 4) is 0 Å². The third-order valence-electron chi connectivity index (χ3n) is 4.64. The Bertz CT molecular complexity index is 900. The molecule has 4 rings (SSSR count). The summed E-state index contributed by atoms with van der Waals surface area (Å²) in [7, 11) is 0. The highest BCUT2D eigenvalue weighted by Crippen LogP contribution is 2.34. The number of hydrogen-bond acceptors (Lipinski definition) is 2. The first-order valence-electron chi connectivity index (χ1n) is 7.75. The minimum Gasteiger partial charge on any atom is -0.618 e. The number of benzene rings is 1. The van der Waals surface area contributed by atoms with Crippen LogP contribution in [-0.4, -0.2) is 22.3 Å². The summed E-state index contributed by atoms with van der Waals surface area (Å²) in [5.74, 6) is -0.225. The number of aromatic amines is 1. The Hall–Kier alpha value is -2.82. The number of H-pyrrole nitrogens is 1. The summed E-state index contributed by atoms with van der Waals surface area (Å²) in [6, 6.07) is 13.0. The molecule has 23 heavy (non-hydrogen) atoms. The average molecular weight is 307 g/mol. The fourth-order valence-corrected chi connectivity index (χ4v) is 3.45. The van der Waals surface area contributed by atoms with Crippen molar-refractivity contribution in [3.05, 3.63) is 70.8 Å². The highest BCUT2D eigenvalue weighted by molar-refractivity contribution is 5.92. The average Bonchev–Trinajstić information content (AvgIpc) is 2.95. The van der Waals surface area contributed by atoms with Gasteiger partial charge in [-0.25, -0.2) is 0 Å². The molecule has 0 bridgehead atoms. The first kappa shape index (κ1) is 13.8. The summed E-state index contributed by atoms with van der Waals surface area (Å²) in [5.41, 5.74) is 3.61. The first-order valence-corrected chi connectivity index (χ1v) is 7.75. The number of hydrogen-bond donors (Lipinski definition) is 1. The fourth-order valence-electron chi connectivity index (χ4n) is 3.45. The third kappa shape index (κ3) is 2.08. The molecular formula is C18H17N3O2. The molecule has 0 saturated carbocycles. The van der Waals surface area contributed by atoms with Crippen LogP contribution in [-0.2, 0) is 6.42 Å². The van der Waals surface area contributed by atoms with E-state index in [1.807, 2.05) is 19.1 Å². The van der Waals surface area contributed by atoms with Crippen molar-refractivity contribution in [2.24, 2.45) is 0 Å². The van der Waals surface area contributed by atoms with Gasteiger partial charge in [0.25, 0.3) is 5.69 Å². The van der Waals surface area contributed by atoms with Gasteiger partial charge in [-0.1, -0.05) is 18.2 Å². The largest absolute Gasteiger partial charge is 0.618 e. The molecule has 0 unspecified atom stereocenters. The zero-order valence-corrected chi connectivity index (χ0v) is 12.8. The summed E-state index contributed by atoms with van der Waals surface area (Å²) >= 11 is 0. The second kappa shape index (κ2) is 5.12. The molecule has 1 aromatic carbocycles. The number of nitrogens with zero attached hydrogens (tertiary/aromatic N) is 2. The molecule has 0 spiro atoms. The minimum atomic E-state index is -0.225. The second-order valence-corrected chi connectivity index (χ2v) is 5.90. The highest BCUT2D eigenvalue weighted by atomic mass is 16.5. The van der Waals surface area contributed by atoms with E-state index >= 15 is 0 Å². The van der Waals surface area contributed by atoms with E-state index in [9.17, 15) is 10.0 Å². The van der Waals surface area contributed by atoms with Crippen LogP contribution in [0, 0.1) is 5.21 Å². The third-order valence-corrected chi connectivity index (χ3v) is 4.64. The Morgan fingerprint density at radius 2 is 2.04 bits per heavy atom. The molecule has 116 valence electrons. The van der Waals surface area contributed by atoms with Gasteiger partial charge in [0.1, 0.15) is 0 Å². The molecule has 1 N–H and O–H groups in total. The van der Waals surface area contributed by atoms with Crippen LogP contribution >= 0.6 is 0 Å². The molecule has 1 aliphatic rings. The van der Waals surface area contributed by atoms with Gasteiger partial charge in [0.2, 0.25) is 0 Å². The van der Waals surface area contributed by atoms with Crippen LogP contribution < -0.4 is 4.73 Å². The maximum Gasteiger partial charge on any atom is 0.320 e. The van der Waals surface area contributed by atoms with E-state index in [1.165, 1.54) is 17.1 Å². The van der Waals surface area contributed by atoms with Crippen LogP contribution in [0.25, 0.3) is 10.9 Å².